The van der Waals surface area contributed by atoms with E-state index in [1.54, 1.807) is 55.7 Å². The average molecular weight is 491 g/mol. The smallest absolute Gasteiger partial charge is 0.294 e. The number of hydrogen-bond donors (Lipinski definition) is 1. The fourth-order valence-corrected chi connectivity index (χ4v) is 4.03. The maximum Gasteiger partial charge on any atom is 0.294 e. The Balaban J connectivity index is 1.67. The number of methoxy groups -OCH3 is 1. The van der Waals surface area contributed by atoms with Crippen LogP contribution in [-0.4, -0.2) is 42.2 Å². The third-order valence-electron chi connectivity index (χ3n) is 4.10. The number of hydrogen-bond acceptors (Lipinski definition) is 6. The van der Waals surface area contributed by atoms with Gasteiger partial charge in [-0.15, -0.1) is 0 Å². The van der Waals surface area contributed by atoms with Gasteiger partial charge in [0.15, 0.2) is 0 Å². The lowest BCUT2D eigenvalue weighted by Crippen LogP contribution is -2.36. The molecule has 2 aromatic rings. The van der Waals surface area contributed by atoms with Gasteiger partial charge in [0.1, 0.15) is 18.0 Å². The van der Waals surface area contributed by atoms with Gasteiger partial charge in [0, 0.05) is 5.69 Å². The average Bonchev–Trinajstić information content (AvgIpc) is 2.98. The van der Waals surface area contributed by atoms with Crippen LogP contribution >= 0.6 is 27.7 Å². The van der Waals surface area contributed by atoms with Gasteiger partial charge < -0.3 is 14.8 Å². The number of thioether (sulfide) groups is 1. The van der Waals surface area contributed by atoms with E-state index in [2.05, 4.69) is 21.2 Å². The van der Waals surface area contributed by atoms with E-state index in [-0.39, 0.29) is 11.4 Å². The number of amides is 3. The van der Waals surface area contributed by atoms with Gasteiger partial charge in [0.2, 0.25) is 5.91 Å². The summed E-state index contributed by atoms with van der Waals surface area (Å²) in [7, 11) is 1.55. The van der Waals surface area contributed by atoms with Crippen molar-refractivity contribution in [2.75, 3.05) is 25.6 Å². The van der Waals surface area contributed by atoms with Crippen molar-refractivity contribution in [2.24, 2.45) is 0 Å². The Morgan fingerprint density at radius 2 is 1.93 bits per heavy atom. The van der Waals surface area contributed by atoms with Crippen molar-refractivity contribution in [2.45, 2.75) is 6.92 Å². The molecule has 1 N–H and O–H groups in total. The molecule has 1 aliphatic heterocycles. The second-order valence-electron chi connectivity index (χ2n) is 6.17. The Kier molecular flexibility index (Phi) is 7.17. The van der Waals surface area contributed by atoms with Crippen molar-refractivity contribution in [3.8, 4) is 11.5 Å². The minimum absolute atomic E-state index is 0.258. The largest absolute Gasteiger partial charge is 0.497 e. The van der Waals surface area contributed by atoms with Crippen molar-refractivity contribution >= 4 is 56.5 Å². The van der Waals surface area contributed by atoms with Crippen LogP contribution in [0.15, 0.2) is 51.8 Å². The fraction of sp³-hybridized carbons (Fsp3) is 0.190. The van der Waals surface area contributed by atoms with Gasteiger partial charge >= 0.3 is 0 Å². The summed E-state index contributed by atoms with van der Waals surface area (Å²) in [5.74, 6) is 0.385. The predicted octanol–water partition coefficient (Wildman–Crippen LogP) is 4.53. The van der Waals surface area contributed by atoms with Crippen LogP contribution in [0.5, 0.6) is 11.5 Å². The summed E-state index contributed by atoms with van der Waals surface area (Å²) >= 11 is 4.23. The highest BCUT2D eigenvalue weighted by atomic mass is 79.9. The third-order valence-corrected chi connectivity index (χ3v) is 5.63. The molecule has 156 valence electrons. The summed E-state index contributed by atoms with van der Waals surface area (Å²) in [4.78, 5) is 38.4. The first-order valence-corrected chi connectivity index (χ1v) is 10.6. The van der Waals surface area contributed by atoms with Crippen LogP contribution in [0.2, 0.25) is 0 Å². The third kappa shape index (κ3) is 5.22. The number of carbonyl (C=O) groups excluding carboxylic acids is 3. The molecule has 0 radical (unpaired) electrons. The van der Waals surface area contributed by atoms with Gasteiger partial charge in [0.05, 0.1) is 23.1 Å². The number of halogens is 1. The first-order valence-electron chi connectivity index (χ1n) is 9.03. The molecule has 0 atom stereocenters. The number of imide groups is 1. The molecular weight excluding hydrogens is 472 g/mol. The van der Waals surface area contributed by atoms with Crippen LogP contribution in [0.25, 0.3) is 6.08 Å². The molecule has 1 fully saturated rings. The van der Waals surface area contributed by atoms with E-state index in [0.29, 0.717) is 23.8 Å². The molecule has 1 saturated heterocycles. The van der Waals surface area contributed by atoms with Crippen LogP contribution in [0.3, 0.4) is 0 Å². The number of anilines is 1. The highest BCUT2D eigenvalue weighted by molar-refractivity contribution is 9.10. The number of carbonyl (C=O) groups is 3. The number of benzene rings is 2. The number of rotatable bonds is 7. The summed E-state index contributed by atoms with van der Waals surface area (Å²) in [6.45, 7) is 2.07. The molecule has 1 aliphatic rings. The zero-order valence-electron chi connectivity index (χ0n) is 16.3. The van der Waals surface area contributed by atoms with E-state index in [0.717, 1.165) is 26.7 Å². The van der Waals surface area contributed by atoms with Crippen LogP contribution in [0, 0.1) is 0 Å². The molecule has 0 bridgehead atoms. The quantitative estimate of drug-likeness (QED) is 0.573. The molecule has 3 amide bonds. The van der Waals surface area contributed by atoms with Crippen LogP contribution in [0.1, 0.15) is 12.5 Å². The highest BCUT2D eigenvalue weighted by Gasteiger charge is 2.36. The minimum atomic E-state index is -0.500. The molecule has 0 aromatic heterocycles. The lowest BCUT2D eigenvalue weighted by molar-refractivity contribution is -0.127. The molecule has 7 nitrogen and oxygen atoms in total. The standard InChI is InChI=1S/C21H19BrN2O5S/c1-3-29-17-9-4-13(10-16(17)22)11-18-20(26)24(21(27)30-18)12-19(25)23-14-5-7-15(28-2)8-6-14/h4-11H,3,12H2,1-2H3,(H,23,25)/b18-11+. The van der Waals surface area contributed by atoms with E-state index in [9.17, 15) is 14.4 Å². The Hall–Kier alpha value is -2.78. The van der Waals surface area contributed by atoms with Gasteiger partial charge in [0.25, 0.3) is 11.1 Å². The normalized spacial score (nSPS) is 14.9. The maximum atomic E-state index is 12.6. The van der Waals surface area contributed by atoms with Crippen molar-refractivity contribution in [3.63, 3.8) is 0 Å². The molecule has 0 unspecified atom stereocenters. The van der Waals surface area contributed by atoms with Crippen LogP contribution in [0.4, 0.5) is 10.5 Å². The second-order valence-corrected chi connectivity index (χ2v) is 8.01. The first-order chi connectivity index (χ1) is 14.4. The topological polar surface area (TPSA) is 84.9 Å². The maximum absolute atomic E-state index is 12.6. The van der Waals surface area contributed by atoms with Crippen molar-refractivity contribution < 1.29 is 23.9 Å². The van der Waals surface area contributed by atoms with E-state index in [4.69, 9.17) is 9.47 Å². The van der Waals surface area contributed by atoms with Crippen molar-refractivity contribution in [1.29, 1.82) is 0 Å². The Bertz CT molecular complexity index is 1010. The number of ether oxygens (including phenoxy) is 2. The van der Waals surface area contributed by atoms with E-state index >= 15 is 0 Å². The Morgan fingerprint density at radius 1 is 1.20 bits per heavy atom. The molecule has 0 saturated carbocycles. The molecule has 3 rings (SSSR count). The first kappa shape index (κ1) is 21.9. The molecule has 9 heteroatoms. The molecule has 30 heavy (non-hydrogen) atoms. The lowest BCUT2D eigenvalue weighted by atomic mass is 10.2. The summed E-state index contributed by atoms with van der Waals surface area (Å²) < 4.78 is 11.3. The van der Waals surface area contributed by atoms with E-state index in [1.165, 1.54) is 0 Å². The van der Waals surface area contributed by atoms with Gasteiger partial charge in [-0.1, -0.05) is 6.07 Å². The Morgan fingerprint density at radius 3 is 2.57 bits per heavy atom. The van der Waals surface area contributed by atoms with Gasteiger partial charge in [-0.2, -0.15) is 0 Å². The van der Waals surface area contributed by atoms with Gasteiger partial charge in [-0.05, 0) is 82.7 Å². The SMILES string of the molecule is CCOc1ccc(/C=C2/SC(=O)N(CC(=O)Nc3ccc(OC)cc3)C2=O)cc1Br. The van der Waals surface area contributed by atoms with Crippen LogP contribution < -0.4 is 14.8 Å². The second kappa shape index (κ2) is 9.82. The van der Waals surface area contributed by atoms with Crippen molar-refractivity contribution in [1.82, 2.24) is 4.90 Å². The zero-order valence-corrected chi connectivity index (χ0v) is 18.7. The lowest BCUT2D eigenvalue weighted by Gasteiger charge is -2.12. The zero-order chi connectivity index (χ0) is 21.7. The molecule has 0 spiro atoms. The molecule has 0 aliphatic carbocycles. The Labute approximate surface area is 186 Å². The van der Waals surface area contributed by atoms with E-state index in [1.807, 2.05) is 6.92 Å². The summed E-state index contributed by atoms with van der Waals surface area (Å²) in [6, 6.07) is 12.1. The van der Waals surface area contributed by atoms with Crippen LogP contribution in [-0.2, 0) is 9.59 Å². The summed E-state index contributed by atoms with van der Waals surface area (Å²) in [6.07, 6.45) is 1.62. The highest BCUT2D eigenvalue weighted by Crippen LogP contribution is 2.33. The molecule has 1 heterocycles. The fourth-order valence-electron chi connectivity index (χ4n) is 2.69. The predicted molar refractivity (Wildman–Crippen MR) is 120 cm³/mol. The van der Waals surface area contributed by atoms with Gasteiger partial charge in [-0.3, -0.25) is 19.3 Å². The molecular formula is C21H19BrN2O5S. The molecule has 2 aromatic carbocycles. The number of nitrogens with zero attached hydrogens (tertiary/aromatic N) is 1. The summed E-state index contributed by atoms with van der Waals surface area (Å²) in [5, 5.41) is 2.18. The van der Waals surface area contributed by atoms with Crippen molar-refractivity contribution in [3.05, 3.63) is 57.4 Å². The monoisotopic (exact) mass is 490 g/mol. The van der Waals surface area contributed by atoms with Gasteiger partial charge in [-0.25, -0.2) is 0 Å². The minimum Gasteiger partial charge on any atom is -0.497 e. The summed E-state index contributed by atoms with van der Waals surface area (Å²) in [5.41, 5.74) is 1.28. The number of nitrogens with one attached hydrogen (secondary N) is 1. The van der Waals surface area contributed by atoms with E-state index < -0.39 is 17.1 Å².